The quantitative estimate of drug-likeness (QED) is 0.767. The van der Waals surface area contributed by atoms with Crippen LogP contribution in [0.25, 0.3) is 0 Å². The molecule has 1 heterocycles. The van der Waals surface area contributed by atoms with E-state index in [1.807, 2.05) is 24.3 Å². The topological polar surface area (TPSA) is 87.7 Å². The van der Waals surface area contributed by atoms with Gasteiger partial charge in [0.15, 0.2) is 0 Å². The van der Waals surface area contributed by atoms with Gasteiger partial charge in [0.1, 0.15) is 17.9 Å². The summed E-state index contributed by atoms with van der Waals surface area (Å²) in [6, 6.07) is 6.63. The van der Waals surface area contributed by atoms with Gasteiger partial charge in [-0.3, -0.25) is 0 Å². The largest absolute Gasteiger partial charge is 0.491 e. The number of para-hydroxylation sites is 1. The lowest BCUT2D eigenvalue weighted by molar-refractivity contribution is -0.142. The van der Waals surface area contributed by atoms with Crippen molar-refractivity contribution in [1.29, 1.82) is 0 Å². The minimum absolute atomic E-state index is 0.263. The van der Waals surface area contributed by atoms with Crippen LogP contribution in [0.15, 0.2) is 24.3 Å². The Kier molecular flexibility index (Phi) is 3.33. The van der Waals surface area contributed by atoms with Gasteiger partial charge in [-0.15, -0.1) is 0 Å². The molecule has 0 aromatic heterocycles. The lowest BCUT2D eigenvalue weighted by Crippen LogP contribution is -2.53. The number of rotatable bonds is 3. The second-order valence-electron chi connectivity index (χ2n) is 4.93. The third kappa shape index (κ3) is 2.78. The Morgan fingerprint density at radius 1 is 1.37 bits per heavy atom. The molecule has 0 radical (unpaired) electrons. The molecule has 0 saturated heterocycles. The standard InChI is InChI=1S/C13H16N2O4/c1-13(2,11(16)17)15-12(18)14-9-7-19-10-6-4-3-5-8(9)10/h3-6,9H,7H2,1-2H3,(H,16,17)(H2,14,15,18). The number of carbonyl (C=O) groups is 2. The molecule has 1 aromatic carbocycles. The Morgan fingerprint density at radius 2 is 2.05 bits per heavy atom. The summed E-state index contributed by atoms with van der Waals surface area (Å²) < 4.78 is 5.43. The molecule has 1 unspecified atom stereocenters. The van der Waals surface area contributed by atoms with E-state index in [0.717, 1.165) is 11.3 Å². The Bertz CT molecular complexity index is 513. The molecule has 2 rings (SSSR count). The van der Waals surface area contributed by atoms with Gasteiger partial charge in [0.2, 0.25) is 0 Å². The van der Waals surface area contributed by atoms with Crippen molar-refractivity contribution in [2.45, 2.75) is 25.4 Å². The molecule has 0 spiro atoms. The van der Waals surface area contributed by atoms with Gasteiger partial charge in [-0.25, -0.2) is 9.59 Å². The summed E-state index contributed by atoms with van der Waals surface area (Å²) in [7, 11) is 0. The average Bonchev–Trinajstić information content (AvgIpc) is 2.72. The second-order valence-corrected chi connectivity index (χ2v) is 4.93. The van der Waals surface area contributed by atoms with Gasteiger partial charge in [0, 0.05) is 5.56 Å². The molecule has 0 aliphatic carbocycles. The fourth-order valence-electron chi connectivity index (χ4n) is 1.81. The first-order valence-corrected chi connectivity index (χ1v) is 5.94. The fraction of sp³-hybridized carbons (Fsp3) is 0.385. The Morgan fingerprint density at radius 3 is 2.74 bits per heavy atom. The lowest BCUT2D eigenvalue weighted by Gasteiger charge is -2.22. The van der Waals surface area contributed by atoms with E-state index in [0.29, 0.717) is 6.61 Å². The first-order chi connectivity index (χ1) is 8.90. The lowest BCUT2D eigenvalue weighted by atomic mass is 10.1. The zero-order valence-electron chi connectivity index (χ0n) is 10.8. The molecule has 0 saturated carbocycles. The van der Waals surface area contributed by atoms with Crippen LogP contribution in [0, 0.1) is 0 Å². The average molecular weight is 264 g/mol. The zero-order valence-corrected chi connectivity index (χ0v) is 10.8. The van der Waals surface area contributed by atoms with Gasteiger partial charge >= 0.3 is 12.0 Å². The highest BCUT2D eigenvalue weighted by Crippen LogP contribution is 2.31. The predicted octanol–water partition coefficient (Wildman–Crippen LogP) is 1.28. The molecule has 2 amide bonds. The van der Waals surface area contributed by atoms with Crippen molar-refractivity contribution < 1.29 is 19.4 Å². The number of ether oxygens (including phenoxy) is 1. The molecule has 6 nitrogen and oxygen atoms in total. The van der Waals surface area contributed by atoms with E-state index in [1.165, 1.54) is 13.8 Å². The van der Waals surface area contributed by atoms with Crippen LogP contribution >= 0.6 is 0 Å². The molecular formula is C13H16N2O4. The molecule has 19 heavy (non-hydrogen) atoms. The smallest absolute Gasteiger partial charge is 0.328 e. The van der Waals surface area contributed by atoms with Crippen molar-refractivity contribution in [2.75, 3.05) is 6.61 Å². The van der Waals surface area contributed by atoms with E-state index in [4.69, 9.17) is 9.84 Å². The van der Waals surface area contributed by atoms with Gasteiger partial charge in [-0.1, -0.05) is 18.2 Å². The molecule has 1 aliphatic rings. The van der Waals surface area contributed by atoms with Crippen molar-refractivity contribution >= 4 is 12.0 Å². The van der Waals surface area contributed by atoms with Crippen LogP contribution in [0.4, 0.5) is 4.79 Å². The van der Waals surface area contributed by atoms with Crippen LogP contribution in [0.1, 0.15) is 25.5 Å². The van der Waals surface area contributed by atoms with Crippen LogP contribution in [0.5, 0.6) is 5.75 Å². The predicted molar refractivity (Wildman–Crippen MR) is 68.1 cm³/mol. The fourth-order valence-corrected chi connectivity index (χ4v) is 1.81. The number of hydrogen-bond donors (Lipinski definition) is 3. The monoisotopic (exact) mass is 264 g/mol. The SMILES string of the molecule is CC(C)(NC(=O)NC1COc2ccccc21)C(=O)O. The first kappa shape index (κ1) is 13.2. The van der Waals surface area contributed by atoms with Gasteiger partial charge in [0.25, 0.3) is 0 Å². The van der Waals surface area contributed by atoms with Crippen LogP contribution in [0.2, 0.25) is 0 Å². The molecule has 0 bridgehead atoms. The number of benzene rings is 1. The van der Waals surface area contributed by atoms with E-state index in [9.17, 15) is 9.59 Å². The van der Waals surface area contributed by atoms with Gasteiger partial charge < -0.3 is 20.5 Å². The van der Waals surface area contributed by atoms with E-state index >= 15 is 0 Å². The minimum Gasteiger partial charge on any atom is -0.491 e. The second kappa shape index (κ2) is 4.79. The molecule has 102 valence electrons. The summed E-state index contributed by atoms with van der Waals surface area (Å²) in [5.41, 5.74) is -0.422. The van der Waals surface area contributed by atoms with E-state index in [1.54, 1.807) is 0 Å². The van der Waals surface area contributed by atoms with Crippen LogP contribution in [-0.2, 0) is 4.79 Å². The normalized spacial score (nSPS) is 17.3. The molecule has 3 N–H and O–H groups in total. The molecule has 1 aliphatic heterocycles. The summed E-state index contributed by atoms with van der Waals surface area (Å²) in [6.07, 6.45) is 0. The van der Waals surface area contributed by atoms with Crippen LogP contribution in [-0.4, -0.2) is 29.3 Å². The number of hydrogen-bond acceptors (Lipinski definition) is 3. The first-order valence-electron chi connectivity index (χ1n) is 5.94. The Labute approximate surface area is 110 Å². The maximum atomic E-state index is 11.8. The molecule has 1 aromatic rings. The van der Waals surface area contributed by atoms with Crippen molar-refractivity contribution in [2.24, 2.45) is 0 Å². The number of urea groups is 1. The Hall–Kier alpha value is -2.24. The summed E-state index contributed by atoms with van der Waals surface area (Å²) in [4.78, 5) is 22.7. The maximum Gasteiger partial charge on any atom is 0.328 e. The number of fused-ring (bicyclic) bond motifs is 1. The van der Waals surface area contributed by atoms with Crippen molar-refractivity contribution in [3.8, 4) is 5.75 Å². The van der Waals surface area contributed by atoms with E-state index in [2.05, 4.69) is 10.6 Å². The zero-order chi connectivity index (χ0) is 14.0. The van der Waals surface area contributed by atoms with Crippen LogP contribution in [0.3, 0.4) is 0 Å². The number of carboxylic acid groups (broad SMARTS) is 1. The third-order valence-corrected chi connectivity index (χ3v) is 2.97. The highest BCUT2D eigenvalue weighted by atomic mass is 16.5. The summed E-state index contributed by atoms with van der Waals surface area (Å²) in [5.74, 6) is -0.351. The van der Waals surface area contributed by atoms with Crippen molar-refractivity contribution in [3.05, 3.63) is 29.8 Å². The maximum absolute atomic E-state index is 11.8. The molecule has 0 fully saturated rings. The Balaban J connectivity index is 2.00. The van der Waals surface area contributed by atoms with Crippen LogP contribution < -0.4 is 15.4 Å². The highest BCUT2D eigenvalue weighted by Gasteiger charge is 2.31. The summed E-state index contributed by atoms with van der Waals surface area (Å²) in [6.45, 7) is 3.20. The van der Waals surface area contributed by atoms with Gasteiger partial charge in [0.05, 0.1) is 6.04 Å². The number of nitrogens with one attached hydrogen (secondary N) is 2. The van der Waals surface area contributed by atoms with E-state index < -0.39 is 17.5 Å². The number of aliphatic carboxylic acids is 1. The van der Waals surface area contributed by atoms with Crippen molar-refractivity contribution in [1.82, 2.24) is 10.6 Å². The number of carbonyl (C=O) groups excluding carboxylic acids is 1. The highest BCUT2D eigenvalue weighted by molar-refractivity contribution is 5.85. The summed E-state index contributed by atoms with van der Waals surface area (Å²) >= 11 is 0. The van der Waals surface area contributed by atoms with Gasteiger partial charge in [-0.05, 0) is 19.9 Å². The number of amides is 2. The summed E-state index contributed by atoms with van der Waals surface area (Å²) in [5, 5.41) is 14.1. The molecular weight excluding hydrogens is 248 g/mol. The van der Waals surface area contributed by atoms with Gasteiger partial charge in [-0.2, -0.15) is 0 Å². The van der Waals surface area contributed by atoms with E-state index in [-0.39, 0.29) is 6.04 Å². The van der Waals surface area contributed by atoms with Crippen molar-refractivity contribution in [3.63, 3.8) is 0 Å². The number of carboxylic acids is 1. The molecule has 1 atom stereocenters. The molecule has 6 heteroatoms. The third-order valence-electron chi connectivity index (χ3n) is 2.97. The minimum atomic E-state index is -1.32.